The summed E-state index contributed by atoms with van der Waals surface area (Å²) in [7, 11) is 0. The molecule has 0 radical (unpaired) electrons. The molecule has 2 aliphatic rings. The molecule has 0 saturated carbocycles. The Hall–Kier alpha value is -5.22. The Bertz CT molecular complexity index is 1830. The Morgan fingerprint density at radius 3 is 2.62 bits per heavy atom. The molecular weight excluding hydrogens is 592 g/mol. The van der Waals surface area contributed by atoms with Crippen molar-refractivity contribution in [2.24, 2.45) is 0 Å². The van der Waals surface area contributed by atoms with Crippen LogP contribution in [0.5, 0.6) is 11.5 Å². The van der Waals surface area contributed by atoms with Crippen molar-refractivity contribution in [3.63, 3.8) is 0 Å². The number of carbonyl (C=O) groups excluding carboxylic acids is 3. The summed E-state index contributed by atoms with van der Waals surface area (Å²) in [5, 5.41) is 11.8. The number of fused-ring (bicyclic) bond motifs is 1. The molecule has 228 valence electrons. The molecule has 6 rings (SSSR count). The van der Waals surface area contributed by atoms with E-state index in [1.54, 1.807) is 49.4 Å². The number of esters is 1. The van der Waals surface area contributed by atoms with Gasteiger partial charge in [-0.3, -0.25) is 14.5 Å². The van der Waals surface area contributed by atoms with E-state index in [-0.39, 0.29) is 34.1 Å². The Morgan fingerprint density at radius 1 is 1.13 bits per heavy atom. The number of hydrogen-bond donors (Lipinski definition) is 1. The molecule has 0 bridgehead atoms. The van der Waals surface area contributed by atoms with Gasteiger partial charge < -0.3 is 19.3 Å². The van der Waals surface area contributed by atoms with Gasteiger partial charge in [-0.25, -0.2) is 9.78 Å². The lowest BCUT2D eigenvalue weighted by Crippen LogP contribution is -2.29. The van der Waals surface area contributed by atoms with Crippen LogP contribution in [0.3, 0.4) is 0 Å². The highest BCUT2D eigenvalue weighted by atomic mass is 32.1. The maximum absolute atomic E-state index is 13.7. The lowest BCUT2D eigenvalue weighted by Gasteiger charge is -2.23. The third kappa shape index (κ3) is 5.84. The maximum atomic E-state index is 13.7. The Labute approximate surface area is 264 Å². The van der Waals surface area contributed by atoms with Gasteiger partial charge in [-0.05, 0) is 60.9 Å². The molecule has 1 amide bonds. The summed E-state index contributed by atoms with van der Waals surface area (Å²) in [5.74, 6) is -1.36. The van der Waals surface area contributed by atoms with E-state index in [1.165, 1.54) is 11.0 Å². The second-order valence-corrected chi connectivity index (χ2v) is 11.7. The van der Waals surface area contributed by atoms with E-state index in [9.17, 15) is 19.5 Å². The van der Waals surface area contributed by atoms with Gasteiger partial charge in [0.25, 0.3) is 5.78 Å². The van der Waals surface area contributed by atoms with Crippen molar-refractivity contribution >= 4 is 39.9 Å². The molecule has 4 aromatic rings. The summed E-state index contributed by atoms with van der Waals surface area (Å²) in [6, 6.07) is 20.9. The zero-order valence-corrected chi connectivity index (χ0v) is 25.5. The average Bonchev–Trinajstić information content (AvgIpc) is 3.70. The molecule has 10 heteroatoms. The van der Waals surface area contributed by atoms with E-state index in [0.29, 0.717) is 35.6 Å². The first-order valence-electron chi connectivity index (χ1n) is 14.4. The minimum absolute atomic E-state index is 0.00823. The quantitative estimate of drug-likeness (QED) is 0.0758. The highest BCUT2D eigenvalue weighted by molar-refractivity contribution is 7.17. The monoisotopic (exact) mass is 622 g/mol. The first kappa shape index (κ1) is 29.8. The van der Waals surface area contributed by atoms with Crippen LogP contribution in [-0.2, 0) is 27.4 Å². The number of anilines is 1. The summed E-state index contributed by atoms with van der Waals surface area (Å²) in [5.41, 5.74) is 3.10. The molecular formula is C35H30N2O7S. The number of carbonyl (C=O) groups is 3. The maximum Gasteiger partial charge on any atom is 0.350 e. The second kappa shape index (κ2) is 12.4. The van der Waals surface area contributed by atoms with Gasteiger partial charge in [0.2, 0.25) is 0 Å². The van der Waals surface area contributed by atoms with Gasteiger partial charge >= 0.3 is 11.9 Å². The molecule has 1 saturated heterocycles. The van der Waals surface area contributed by atoms with E-state index >= 15 is 0 Å². The third-order valence-electron chi connectivity index (χ3n) is 7.57. The fourth-order valence-electron chi connectivity index (χ4n) is 5.43. The number of hydrogen-bond acceptors (Lipinski definition) is 9. The number of amides is 1. The number of Topliss-reactive ketones (excluding diaryl/α,β-unsaturated/α-hetero) is 1. The Kier molecular flexibility index (Phi) is 8.23. The number of benzene rings is 3. The van der Waals surface area contributed by atoms with Crippen molar-refractivity contribution in [2.75, 3.05) is 11.5 Å². The molecule has 9 nitrogen and oxygen atoms in total. The van der Waals surface area contributed by atoms with Crippen molar-refractivity contribution in [2.45, 2.75) is 39.0 Å². The molecule has 1 N–H and O–H groups in total. The van der Waals surface area contributed by atoms with E-state index in [2.05, 4.69) is 11.6 Å². The molecule has 0 spiro atoms. The van der Waals surface area contributed by atoms with Crippen LogP contribution in [0, 0.1) is 6.92 Å². The minimum atomic E-state index is -1.03. The van der Waals surface area contributed by atoms with E-state index in [0.717, 1.165) is 28.2 Å². The number of rotatable bonds is 9. The average molecular weight is 623 g/mol. The topological polar surface area (TPSA) is 115 Å². The number of aliphatic hydroxyl groups is 1. The van der Waals surface area contributed by atoms with Crippen molar-refractivity contribution in [1.82, 2.24) is 4.98 Å². The van der Waals surface area contributed by atoms with Crippen LogP contribution in [0.25, 0.3) is 5.76 Å². The Balaban J connectivity index is 1.41. The van der Waals surface area contributed by atoms with Crippen LogP contribution in [0.15, 0.2) is 91.0 Å². The smallest absolute Gasteiger partial charge is 0.350 e. The summed E-state index contributed by atoms with van der Waals surface area (Å²) >= 11 is 0.942. The lowest BCUT2D eigenvalue weighted by atomic mass is 9.94. The fraction of sp³-hybridized carbons (Fsp3) is 0.200. The standard InChI is InChI=1S/C35H30N2O7S/c1-4-16-42-34(41)32-21(3)36-35(45-32)37-29(23-10-13-26(14-11-23)43-19-22-8-6-5-7-9-22)28(31(39)33(37)40)30(38)24-12-15-27-25(18-24)17-20(2)44-27/h4-15,18,20,29,38H,1,16-17,19H2,2-3H3. The van der Waals surface area contributed by atoms with E-state index in [4.69, 9.17) is 14.2 Å². The normalized spacial score (nSPS) is 18.4. The number of ketones is 1. The molecule has 2 aliphatic heterocycles. The lowest BCUT2D eigenvalue weighted by molar-refractivity contribution is -0.132. The van der Waals surface area contributed by atoms with Crippen LogP contribution < -0.4 is 14.4 Å². The number of aryl methyl sites for hydroxylation is 1. The number of nitrogens with zero attached hydrogens (tertiary/aromatic N) is 2. The fourth-order valence-corrected chi connectivity index (χ4v) is 6.42. The van der Waals surface area contributed by atoms with Crippen LogP contribution in [0.1, 0.15) is 50.6 Å². The van der Waals surface area contributed by atoms with Gasteiger partial charge in [-0.1, -0.05) is 66.5 Å². The molecule has 2 unspecified atom stereocenters. The third-order valence-corrected chi connectivity index (χ3v) is 8.70. The Morgan fingerprint density at radius 2 is 1.89 bits per heavy atom. The highest BCUT2D eigenvalue weighted by Gasteiger charge is 2.48. The van der Waals surface area contributed by atoms with Crippen LogP contribution in [0.2, 0.25) is 0 Å². The molecule has 3 aromatic carbocycles. The van der Waals surface area contributed by atoms with Gasteiger partial charge in [-0.15, -0.1) is 0 Å². The van der Waals surface area contributed by atoms with Gasteiger partial charge in [0.15, 0.2) is 5.13 Å². The first-order chi connectivity index (χ1) is 21.7. The predicted octanol–water partition coefficient (Wildman–Crippen LogP) is 6.32. The summed E-state index contributed by atoms with van der Waals surface area (Å²) < 4.78 is 16.9. The molecule has 3 heterocycles. The zero-order valence-electron chi connectivity index (χ0n) is 24.7. The van der Waals surface area contributed by atoms with Gasteiger partial charge in [0.1, 0.15) is 41.5 Å². The number of aliphatic hydroxyl groups excluding tert-OH is 1. The zero-order chi connectivity index (χ0) is 31.7. The largest absolute Gasteiger partial charge is 0.507 e. The van der Waals surface area contributed by atoms with Crippen molar-refractivity contribution in [3.05, 3.63) is 124 Å². The first-order valence-corrected chi connectivity index (χ1v) is 15.2. The van der Waals surface area contributed by atoms with Crippen molar-refractivity contribution < 1.29 is 33.7 Å². The number of thiazole rings is 1. The number of ether oxygens (including phenoxy) is 3. The number of aromatic nitrogens is 1. The van der Waals surface area contributed by atoms with Crippen LogP contribution in [0.4, 0.5) is 5.13 Å². The summed E-state index contributed by atoms with van der Waals surface area (Å²) in [6.45, 7) is 7.52. The summed E-state index contributed by atoms with van der Waals surface area (Å²) in [4.78, 5) is 46.0. The van der Waals surface area contributed by atoms with Gasteiger partial charge in [0, 0.05) is 12.0 Å². The molecule has 1 aromatic heterocycles. The molecule has 45 heavy (non-hydrogen) atoms. The minimum Gasteiger partial charge on any atom is -0.507 e. The molecule has 1 fully saturated rings. The SMILES string of the molecule is C=CCOC(=O)c1sc(N2C(=O)C(=O)C(=C(O)c3ccc4c(c3)CC(C)O4)C2c2ccc(OCc3ccccc3)cc2)nc1C. The predicted molar refractivity (Wildman–Crippen MR) is 170 cm³/mol. The van der Waals surface area contributed by atoms with Crippen LogP contribution in [-0.4, -0.2) is 40.5 Å². The highest BCUT2D eigenvalue weighted by Crippen LogP contribution is 2.45. The molecule has 2 atom stereocenters. The van der Waals surface area contributed by atoms with Crippen molar-refractivity contribution in [1.29, 1.82) is 0 Å². The second-order valence-electron chi connectivity index (χ2n) is 10.8. The van der Waals surface area contributed by atoms with Crippen molar-refractivity contribution in [3.8, 4) is 11.5 Å². The van der Waals surface area contributed by atoms with Gasteiger partial charge in [0.05, 0.1) is 17.3 Å². The summed E-state index contributed by atoms with van der Waals surface area (Å²) in [6.07, 6.45) is 2.10. The van der Waals surface area contributed by atoms with Gasteiger partial charge in [-0.2, -0.15) is 0 Å². The van der Waals surface area contributed by atoms with Crippen LogP contribution >= 0.6 is 11.3 Å². The molecule has 0 aliphatic carbocycles. The van der Waals surface area contributed by atoms with E-state index in [1.807, 2.05) is 37.3 Å². The van der Waals surface area contributed by atoms with E-state index < -0.39 is 23.7 Å².